The summed E-state index contributed by atoms with van der Waals surface area (Å²) in [5.41, 5.74) is 0.278. The molecule has 21 heavy (non-hydrogen) atoms. The Labute approximate surface area is 135 Å². The van der Waals surface area contributed by atoms with Gasteiger partial charge in [0.1, 0.15) is 0 Å². The van der Waals surface area contributed by atoms with Gasteiger partial charge in [-0.1, -0.05) is 0 Å². The number of nitro groups is 1. The fraction of sp³-hybridized carbons (Fsp3) is 0.385. The van der Waals surface area contributed by atoms with Crippen LogP contribution in [0.3, 0.4) is 0 Å². The molecule has 1 heterocycles. The van der Waals surface area contributed by atoms with Crippen molar-refractivity contribution in [2.75, 3.05) is 32.7 Å². The normalized spacial score (nSPS) is 15.5. The second-order valence-corrected chi connectivity index (χ2v) is 5.81. The minimum Gasteiger partial charge on any atom is -0.336 e. The van der Waals surface area contributed by atoms with Crippen molar-refractivity contribution in [3.63, 3.8) is 0 Å². The zero-order valence-corrected chi connectivity index (χ0v) is 13.3. The highest BCUT2D eigenvalue weighted by Crippen LogP contribution is 2.21. The number of piperazine rings is 1. The zero-order chi connectivity index (χ0) is 15.4. The smallest absolute Gasteiger partial charge is 0.270 e. The maximum absolute atomic E-state index is 12.5. The topological polar surface area (TPSA) is 90.5 Å². The van der Waals surface area contributed by atoms with Crippen molar-refractivity contribution in [2.24, 2.45) is 0 Å². The van der Waals surface area contributed by atoms with Crippen molar-refractivity contribution in [3.8, 4) is 6.07 Å². The van der Waals surface area contributed by atoms with Gasteiger partial charge in [0.15, 0.2) is 0 Å². The molecule has 0 bridgehead atoms. The number of amides is 1. The second kappa shape index (κ2) is 6.82. The number of hydrogen-bond donors (Lipinski definition) is 0. The van der Waals surface area contributed by atoms with E-state index >= 15 is 0 Å². The van der Waals surface area contributed by atoms with Crippen LogP contribution in [0.15, 0.2) is 18.2 Å². The maximum atomic E-state index is 12.5. The first-order chi connectivity index (χ1) is 10.0. The van der Waals surface area contributed by atoms with Gasteiger partial charge in [0.25, 0.3) is 11.6 Å². The number of carbonyl (C=O) groups is 1. The average molecular weight is 400 g/mol. The molecule has 2 rings (SSSR count). The number of hydrogen-bond acceptors (Lipinski definition) is 5. The average Bonchev–Trinajstić information content (AvgIpc) is 2.48. The molecule has 0 atom stereocenters. The van der Waals surface area contributed by atoms with E-state index in [0.717, 1.165) is 0 Å². The van der Waals surface area contributed by atoms with E-state index in [-0.39, 0.29) is 11.6 Å². The predicted molar refractivity (Wildman–Crippen MR) is 83.8 cm³/mol. The molecule has 1 amide bonds. The van der Waals surface area contributed by atoms with Gasteiger partial charge in [-0.25, -0.2) is 0 Å². The number of non-ortho nitro benzene ring substituents is 1. The maximum Gasteiger partial charge on any atom is 0.270 e. The van der Waals surface area contributed by atoms with Crippen LogP contribution in [0.5, 0.6) is 0 Å². The number of rotatable bonds is 3. The molecule has 0 aromatic heterocycles. The van der Waals surface area contributed by atoms with E-state index in [1.54, 1.807) is 11.0 Å². The summed E-state index contributed by atoms with van der Waals surface area (Å²) >= 11 is 2.01. The van der Waals surface area contributed by atoms with Gasteiger partial charge in [-0.3, -0.25) is 19.8 Å². The van der Waals surface area contributed by atoms with Crippen LogP contribution in [0, 0.1) is 25.0 Å². The van der Waals surface area contributed by atoms with Crippen LogP contribution in [-0.2, 0) is 0 Å². The summed E-state index contributed by atoms with van der Waals surface area (Å²) in [7, 11) is 0. The molecule has 0 saturated carbocycles. The van der Waals surface area contributed by atoms with Crippen LogP contribution < -0.4 is 0 Å². The monoisotopic (exact) mass is 400 g/mol. The molecule has 1 aliphatic heterocycles. The summed E-state index contributed by atoms with van der Waals surface area (Å²) in [6.45, 7) is 2.70. The SMILES string of the molecule is N#CCN1CCN(C(=O)c2cc([N+](=O)[O-])ccc2I)CC1. The van der Waals surface area contributed by atoms with Crippen LogP contribution in [0.1, 0.15) is 10.4 Å². The summed E-state index contributed by atoms with van der Waals surface area (Å²) in [5, 5.41) is 19.5. The second-order valence-electron chi connectivity index (χ2n) is 4.65. The molecule has 1 saturated heterocycles. The molecule has 0 radical (unpaired) electrons. The Morgan fingerprint density at radius 3 is 2.62 bits per heavy atom. The van der Waals surface area contributed by atoms with Gasteiger partial charge in [-0.15, -0.1) is 0 Å². The number of halogens is 1. The van der Waals surface area contributed by atoms with E-state index in [4.69, 9.17) is 5.26 Å². The number of nitriles is 1. The first kappa shape index (κ1) is 15.7. The van der Waals surface area contributed by atoms with Crippen molar-refractivity contribution in [3.05, 3.63) is 37.4 Å². The van der Waals surface area contributed by atoms with Crippen molar-refractivity contribution >= 4 is 34.2 Å². The number of nitro benzene ring substituents is 1. The lowest BCUT2D eigenvalue weighted by atomic mass is 10.1. The van der Waals surface area contributed by atoms with Crippen LogP contribution in [0.25, 0.3) is 0 Å². The van der Waals surface area contributed by atoms with Crippen molar-refractivity contribution in [1.29, 1.82) is 5.26 Å². The molecular formula is C13H13IN4O3. The fourth-order valence-corrected chi connectivity index (χ4v) is 2.74. The molecule has 7 nitrogen and oxygen atoms in total. The van der Waals surface area contributed by atoms with Gasteiger partial charge in [0.05, 0.1) is 23.1 Å². The van der Waals surface area contributed by atoms with Crippen LogP contribution in [-0.4, -0.2) is 53.4 Å². The molecule has 0 aliphatic carbocycles. The molecule has 0 spiro atoms. The molecule has 8 heteroatoms. The quantitative estimate of drug-likeness (QED) is 0.332. The standard InChI is InChI=1S/C13H13IN4O3/c14-12-2-1-10(18(20)21)9-11(12)13(19)17-7-5-16(4-3-15)6-8-17/h1-2,9H,4-8H2. The first-order valence-electron chi connectivity index (χ1n) is 6.35. The van der Waals surface area contributed by atoms with Crippen molar-refractivity contribution in [2.45, 2.75) is 0 Å². The Kier molecular flexibility index (Phi) is 5.08. The molecule has 0 N–H and O–H groups in total. The Bertz CT molecular complexity index is 606. The molecule has 1 aromatic carbocycles. The molecule has 1 aliphatic rings. The van der Waals surface area contributed by atoms with Crippen molar-refractivity contribution < 1.29 is 9.72 Å². The summed E-state index contributed by atoms with van der Waals surface area (Å²) in [5.74, 6) is -0.195. The Balaban J connectivity index is 2.12. The lowest BCUT2D eigenvalue weighted by molar-refractivity contribution is -0.384. The highest BCUT2D eigenvalue weighted by molar-refractivity contribution is 14.1. The molecule has 0 unspecified atom stereocenters. The fourth-order valence-electron chi connectivity index (χ4n) is 2.17. The number of carbonyl (C=O) groups excluding carboxylic acids is 1. The highest BCUT2D eigenvalue weighted by atomic mass is 127. The highest BCUT2D eigenvalue weighted by Gasteiger charge is 2.24. The lowest BCUT2D eigenvalue weighted by Gasteiger charge is -2.33. The van der Waals surface area contributed by atoms with E-state index < -0.39 is 4.92 Å². The minimum absolute atomic E-state index is 0.0816. The third kappa shape index (κ3) is 3.68. The van der Waals surface area contributed by atoms with Gasteiger partial charge in [0.2, 0.25) is 0 Å². The van der Waals surface area contributed by atoms with E-state index in [1.807, 2.05) is 27.5 Å². The van der Waals surface area contributed by atoms with Crippen LogP contribution >= 0.6 is 22.6 Å². The van der Waals surface area contributed by atoms with Crippen LogP contribution in [0.4, 0.5) is 5.69 Å². The van der Waals surface area contributed by atoms with Gasteiger partial charge in [-0.2, -0.15) is 5.26 Å². The number of nitrogens with zero attached hydrogens (tertiary/aromatic N) is 4. The van der Waals surface area contributed by atoms with Gasteiger partial charge in [-0.05, 0) is 28.7 Å². The van der Waals surface area contributed by atoms with Crippen molar-refractivity contribution in [1.82, 2.24) is 9.80 Å². The van der Waals surface area contributed by atoms with Gasteiger partial charge < -0.3 is 4.90 Å². The summed E-state index contributed by atoms with van der Waals surface area (Å²) in [6, 6.07) is 6.39. The number of benzene rings is 1. The Morgan fingerprint density at radius 2 is 2.05 bits per heavy atom. The molecular weight excluding hydrogens is 387 g/mol. The molecule has 1 fully saturated rings. The first-order valence-corrected chi connectivity index (χ1v) is 7.43. The Morgan fingerprint density at radius 1 is 1.38 bits per heavy atom. The van der Waals surface area contributed by atoms with E-state index in [2.05, 4.69) is 6.07 Å². The summed E-state index contributed by atoms with van der Waals surface area (Å²) in [6.07, 6.45) is 0. The molecule has 110 valence electrons. The zero-order valence-electron chi connectivity index (χ0n) is 11.2. The Hall–Kier alpha value is -1.73. The van der Waals surface area contributed by atoms with E-state index in [0.29, 0.717) is 41.9 Å². The largest absolute Gasteiger partial charge is 0.336 e. The lowest BCUT2D eigenvalue weighted by Crippen LogP contribution is -2.48. The van der Waals surface area contributed by atoms with E-state index in [9.17, 15) is 14.9 Å². The van der Waals surface area contributed by atoms with Crippen LogP contribution in [0.2, 0.25) is 0 Å². The third-order valence-corrected chi connectivity index (χ3v) is 4.29. The molecule has 1 aromatic rings. The minimum atomic E-state index is -0.502. The van der Waals surface area contributed by atoms with Gasteiger partial charge >= 0.3 is 0 Å². The third-order valence-electron chi connectivity index (χ3n) is 3.34. The summed E-state index contributed by atoms with van der Waals surface area (Å²) < 4.78 is 0.697. The van der Waals surface area contributed by atoms with E-state index in [1.165, 1.54) is 12.1 Å². The van der Waals surface area contributed by atoms with Gasteiger partial charge in [0, 0.05) is 41.9 Å². The predicted octanol–water partition coefficient (Wildman–Crippen LogP) is 1.48. The summed E-state index contributed by atoms with van der Waals surface area (Å²) in [4.78, 5) is 26.4.